The van der Waals surface area contributed by atoms with Crippen molar-refractivity contribution in [1.29, 1.82) is 0 Å². The van der Waals surface area contributed by atoms with Gasteiger partial charge in [-0.3, -0.25) is 0 Å². The first kappa shape index (κ1) is 13.9. The molecule has 1 atom stereocenters. The highest BCUT2D eigenvalue weighted by Gasteiger charge is 2.27. The highest BCUT2D eigenvalue weighted by Crippen LogP contribution is 2.32. The molecular weight excluding hydrogens is 288 g/mol. The summed E-state index contributed by atoms with van der Waals surface area (Å²) in [6, 6.07) is 13.3. The van der Waals surface area contributed by atoms with Crippen LogP contribution < -0.4 is 4.90 Å². The maximum atomic E-state index is 11.3. The maximum Gasteiger partial charge on any atom is 0.339 e. The average molecular weight is 303 g/mol. The lowest BCUT2D eigenvalue weighted by molar-refractivity contribution is 0.0697. The topological polar surface area (TPSA) is 53.4 Å². The Morgan fingerprint density at radius 2 is 2.00 bits per heavy atom. The normalized spacial score (nSPS) is 18.0. The molecule has 1 N–H and O–H groups in total. The van der Waals surface area contributed by atoms with Gasteiger partial charge in [-0.2, -0.15) is 0 Å². The summed E-state index contributed by atoms with van der Waals surface area (Å²) in [5, 5.41) is 9.61. The molecule has 108 valence electrons. The summed E-state index contributed by atoms with van der Waals surface area (Å²) in [5.74, 6) is -0.112. The Kier molecular flexibility index (Phi) is 3.80. The first-order chi connectivity index (χ1) is 10.1. The second kappa shape index (κ2) is 5.74. The summed E-state index contributed by atoms with van der Waals surface area (Å²) in [7, 11) is 0. The highest BCUT2D eigenvalue weighted by atomic mass is 35.5. The molecule has 0 aliphatic carbocycles. The number of benzene rings is 1. The summed E-state index contributed by atoms with van der Waals surface area (Å²) in [6.45, 7) is 1.55. The van der Waals surface area contributed by atoms with Crippen molar-refractivity contribution in [2.75, 3.05) is 18.0 Å². The molecule has 1 unspecified atom stereocenters. The SMILES string of the molecule is O=C(O)c1ccc(Cl)nc1N1CCC(c2ccccc2)C1. The third-order valence-electron chi connectivity index (χ3n) is 3.83. The molecule has 3 rings (SSSR count). The number of hydrogen-bond acceptors (Lipinski definition) is 3. The van der Waals surface area contributed by atoms with E-state index in [2.05, 4.69) is 17.1 Å². The summed E-state index contributed by atoms with van der Waals surface area (Å²) < 4.78 is 0. The van der Waals surface area contributed by atoms with Crippen LogP contribution in [0.15, 0.2) is 42.5 Å². The van der Waals surface area contributed by atoms with E-state index in [1.807, 2.05) is 23.1 Å². The van der Waals surface area contributed by atoms with Crippen molar-refractivity contribution < 1.29 is 9.90 Å². The molecule has 0 spiro atoms. The van der Waals surface area contributed by atoms with Crippen LogP contribution in [0.5, 0.6) is 0 Å². The van der Waals surface area contributed by atoms with Crippen LogP contribution in [0, 0.1) is 0 Å². The van der Waals surface area contributed by atoms with Crippen molar-refractivity contribution in [2.45, 2.75) is 12.3 Å². The molecule has 1 saturated heterocycles. The van der Waals surface area contributed by atoms with Crippen LogP contribution in [-0.2, 0) is 0 Å². The molecule has 21 heavy (non-hydrogen) atoms. The molecular formula is C16H15ClN2O2. The first-order valence-corrected chi connectivity index (χ1v) is 7.22. The van der Waals surface area contributed by atoms with E-state index < -0.39 is 5.97 Å². The summed E-state index contributed by atoms with van der Waals surface area (Å²) in [4.78, 5) is 17.6. The number of pyridine rings is 1. The number of hydrogen-bond donors (Lipinski definition) is 1. The molecule has 1 aliphatic rings. The number of carbonyl (C=O) groups is 1. The van der Waals surface area contributed by atoms with Gasteiger partial charge in [0.15, 0.2) is 0 Å². The third-order valence-corrected chi connectivity index (χ3v) is 4.04. The van der Waals surface area contributed by atoms with Gasteiger partial charge in [-0.1, -0.05) is 41.9 Å². The molecule has 2 heterocycles. The van der Waals surface area contributed by atoms with Gasteiger partial charge in [0.1, 0.15) is 16.5 Å². The number of aromatic carboxylic acids is 1. The maximum absolute atomic E-state index is 11.3. The number of carboxylic acid groups (broad SMARTS) is 1. The minimum atomic E-state index is -0.975. The van der Waals surface area contributed by atoms with Crippen LogP contribution in [0.25, 0.3) is 0 Å². The van der Waals surface area contributed by atoms with Gasteiger partial charge in [-0.25, -0.2) is 9.78 Å². The quantitative estimate of drug-likeness (QED) is 0.883. The van der Waals surface area contributed by atoms with Gasteiger partial charge in [0.2, 0.25) is 0 Å². The zero-order valence-corrected chi connectivity index (χ0v) is 12.1. The average Bonchev–Trinajstić information content (AvgIpc) is 2.97. The van der Waals surface area contributed by atoms with E-state index in [9.17, 15) is 9.90 Å². The Labute approximate surface area is 128 Å². The van der Waals surface area contributed by atoms with Crippen molar-refractivity contribution in [3.8, 4) is 0 Å². The van der Waals surface area contributed by atoms with E-state index in [1.54, 1.807) is 0 Å². The van der Waals surface area contributed by atoms with E-state index in [4.69, 9.17) is 11.6 Å². The Morgan fingerprint density at radius 3 is 2.71 bits per heavy atom. The molecule has 4 nitrogen and oxygen atoms in total. The largest absolute Gasteiger partial charge is 0.478 e. The van der Waals surface area contributed by atoms with E-state index in [1.165, 1.54) is 17.7 Å². The molecule has 1 aromatic carbocycles. The number of halogens is 1. The highest BCUT2D eigenvalue weighted by molar-refractivity contribution is 6.29. The zero-order valence-electron chi connectivity index (χ0n) is 11.4. The van der Waals surface area contributed by atoms with Crippen molar-refractivity contribution in [3.05, 3.63) is 58.7 Å². The fourth-order valence-electron chi connectivity index (χ4n) is 2.78. The Bertz CT molecular complexity index is 661. The predicted octanol–water partition coefficient (Wildman–Crippen LogP) is 3.43. The lowest BCUT2D eigenvalue weighted by Crippen LogP contribution is -2.23. The van der Waals surface area contributed by atoms with Gasteiger partial charge < -0.3 is 10.0 Å². The van der Waals surface area contributed by atoms with E-state index >= 15 is 0 Å². The van der Waals surface area contributed by atoms with E-state index in [0.29, 0.717) is 16.9 Å². The van der Waals surface area contributed by atoms with Gasteiger partial charge in [-0.05, 0) is 24.1 Å². The summed E-state index contributed by atoms with van der Waals surface area (Å²) >= 11 is 5.92. The smallest absolute Gasteiger partial charge is 0.339 e. The second-order valence-electron chi connectivity index (χ2n) is 5.15. The summed E-state index contributed by atoms with van der Waals surface area (Å²) in [5.41, 5.74) is 1.48. The molecule has 5 heteroatoms. The molecule has 2 aromatic rings. The van der Waals surface area contributed by atoms with Crippen molar-refractivity contribution >= 4 is 23.4 Å². The van der Waals surface area contributed by atoms with E-state index in [-0.39, 0.29) is 5.56 Å². The van der Waals surface area contributed by atoms with Crippen LogP contribution in [0.1, 0.15) is 28.3 Å². The fraction of sp³-hybridized carbons (Fsp3) is 0.250. The predicted molar refractivity (Wildman–Crippen MR) is 82.2 cm³/mol. The van der Waals surface area contributed by atoms with Gasteiger partial charge in [0.25, 0.3) is 0 Å². The fourth-order valence-corrected chi connectivity index (χ4v) is 2.93. The minimum Gasteiger partial charge on any atom is -0.478 e. The number of carboxylic acids is 1. The molecule has 1 aliphatic heterocycles. The first-order valence-electron chi connectivity index (χ1n) is 6.85. The summed E-state index contributed by atoms with van der Waals surface area (Å²) in [6.07, 6.45) is 0.983. The van der Waals surface area contributed by atoms with Crippen LogP contribution in [0.4, 0.5) is 5.82 Å². The van der Waals surface area contributed by atoms with Gasteiger partial charge >= 0.3 is 5.97 Å². The lowest BCUT2D eigenvalue weighted by atomic mass is 9.99. The Hall–Kier alpha value is -2.07. The van der Waals surface area contributed by atoms with Crippen molar-refractivity contribution in [1.82, 2.24) is 4.98 Å². The number of nitrogens with zero attached hydrogens (tertiary/aromatic N) is 2. The lowest BCUT2D eigenvalue weighted by Gasteiger charge is -2.19. The van der Waals surface area contributed by atoms with Crippen molar-refractivity contribution in [3.63, 3.8) is 0 Å². The zero-order chi connectivity index (χ0) is 14.8. The van der Waals surface area contributed by atoms with Crippen LogP contribution in [-0.4, -0.2) is 29.1 Å². The number of anilines is 1. The Balaban J connectivity index is 1.86. The van der Waals surface area contributed by atoms with Crippen LogP contribution >= 0.6 is 11.6 Å². The van der Waals surface area contributed by atoms with Gasteiger partial charge in [0.05, 0.1) is 0 Å². The third kappa shape index (κ3) is 2.85. The molecule has 1 fully saturated rings. The van der Waals surface area contributed by atoms with Gasteiger partial charge in [-0.15, -0.1) is 0 Å². The molecule has 0 radical (unpaired) electrons. The standard InChI is InChI=1S/C16H15ClN2O2/c17-14-7-6-13(16(20)21)15(18-14)19-9-8-12(10-19)11-4-2-1-3-5-11/h1-7,12H,8-10H2,(H,20,21). The van der Waals surface area contributed by atoms with Crippen LogP contribution in [0.3, 0.4) is 0 Å². The number of aromatic nitrogens is 1. The number of rotatable bonds is 3. The van der Waals surface area contributed by atoms with Gasteiger partial charge in [0, 0.05) is 19.0 Å². The van der Waals surface area contributed by atoms with Crippen LogP contribution in [0.2, 0.25) is 5.15 Å². The molecule has 0 amide bonds. The molecule has 1 aromatic heterocycles. The molecule has 0 bridgehead atoms. The van der Waals surface area contributed by atoms with Crippen molar-refractivity contribution in [2.24, 2.45) is 0 Å². The monoisotopic (exact) mass is 302 g/mol. The minimum absolute atomic E-state index is 0.202. The van der Waals surface area contributed by atoms with E-state index in [0.717, 1.165) is 19.5 Å². The Morgan fingerprint density at radius 1 is 1.24 bits per heavy atom. The second-order valence-corrected chi connectivity index (χ2v) is 5.54. The molecule has 0 saturated carbocycles.